The molecule has 0 saturated carbocycles. The van der Waals surface area contributed by atoms with E-state index in [0.717, 1.165) is 0 Å². The highest BCUT2D eigenvalue weighted by molar-refractivity contribution is 6.91. The second kappa shape index (κ2) is 7.28. The van der Waals surface area contributed by atoms with Crippen molar-refractivity contribution in [2.45, 2.75) is 26.2 Å². The largest absolute Gasteiger partial charge is 0.408 e. The Labute approximate surface area is 152 Å². The molecule has 0 aromatic rings. The van der Waals surface area contributed by atoms with Gasteiger partial charge >= 0.3 is 34.9 Å². The smallest absolute Gasteiger partial charge is 0.391 e. The summed E-state index contributed by atoms with van der Waals surface area (Å²) in [6, 6.07) is 0. The van der Waals surface area contributed by atoms with E-state index >= 15 is 0 Å². The lowest BCUT2D eigenvalue weighted by Crippen LogP contribution is -2.78. The first-order chi connectivity index (χ1) is 10.6. The Morgan fingerprint density at radius 2 is 0.500 bits per heavy atom. The molecule has 0 unspecified atom stereocenters. The maximum Gasteiger partial charge on any atom is 0.408 e. The average Bonchev–Trinajstić information content (AvgIpc) is 2.35. The van der Waals surface area contributed by atoms with Crippen molar-refractivity contribution in [3.8, 4) is 0 Å². The van der Waals surface area contributed by atoms with Gasteiger partial charge < -0.3 is 16.5 Å². The molecule has 1 saturated heterocycles. The topological polar surface area (TPSA) is 49.9 Å². The molecule has 8 nitrogen and oxygen atoms in total. The molecule has 0 atom stereocenters. The number of hydrogen-bond acceptors (Lipinski definition) is 8. The van der Waals surface area contributed by atoms with Gasteiger partial charge in [-0.3, -0.25) is 18.3 Å². The Morgan fingerprint density at radius 1 is 0.375 bits per heavy atom. The molecule has 12 heteroatoms. The minimum absolute atomic E-state index is 2.01. The van der Waals surface area contributed by atoms with Crippen LogP contribution in [0.3, 0.4) is 0 Å². The fraction of sp³-hybridized carbons (Fsp3) is 1.00. The summed E-state index contributed by atoms with van der Waals surface area (Å²) in [7, 11) is 5.39. The molecular weight excluding hydrogens is 377 g/mol. The molecule has 1 fully saturated rings. The third kappa shape index (κ3) is 4.44. The highest BCUT2D eigenvalue weighted by Crippen LogP contribution is 2.33. The van der Waals surface area contributed by atoms with Crippen molar-refractivity contribution in [3.63, 3.8) is 0 Å². The summed E-state index contributed by atoms with van der Waals surface area (Å²) in [6.45, 7) is 8.29. The normalized spacial score (nSPS) is 42.0. The van der Waals surface area contributed by atoms with Crippen molar-refractivity contribution in [1.82, 2.24) is 18.3 Å². The Bertz CT molecular complexity index is 365. The van der Waals surface area contributed by atoms with E-state index in [1.165, 1.54) is 0 Å². The van der Waals surface area contributed by atoms with Gasteiger partial charge in [0.15, 0.2) is 0 Å². The van der Waals surface area contributed by atoms with Gasteiger partial charge in [0.05, 0.1) is 0 Å². The van der Waals surface area contributed by atoms with Gasteiger partial charge in [0.2, 0.25) is 0 Å². The lowest BCUT2D eigenvalue weighted by Gasteiger charge is -2.54. The molecule has 0 bridgehead atoms. The van der Waals surface area contributed by atoms with Crippen LogP contribution in [0.25, 0.3) is 0 Å². The Hall–Kier alpha value is 0.548. The maximum absolute atomic E-state index is 6.70. The van der Waals surface area contributed by atoms with Crippen LogP contribution in [0.4, 0.5) is 0 Å². The van der Waals surface area contributed by atoms with E-state index in [9.17, 15) is 0 Å². The lowest BCUT2D eigenvalue weighted by atomic mass is 11.3. The zero-order valence-electron chi connectivity index (χ0n) is 17.4. The molecule has 1 rings (SSSR count). The summed E-state index contributed by atoms with van der Waals surface area (Å²) in [6.07, 6.45) is 0. The second-order valence-corrected chi connectivity index (χ2v) is 21.6. The van der Waals surface area contributed by atoms with Crippen molar-refractivity contribution in [2.24, 2.45) is 0 Å². The molecule has 0 aliphatic carbocycles. The van der Waals surface area contributed by atoms with Crippen LogP contribution in [0.15, 0.2) is 0 Å². The van der Waals surface area contributed by atoms with Gasteiger partial charge in [-0.05, 0) is 82.6 Å². The maximum atomic E-state index is 6.70. The minimum atomic E-state index is -2.66. The molecular formula is C12H36N4O4Si4. The molecule has 1 heterocycles. The van der Waals surface area contributed by atoms with Gasteiger partial charge in [0, 0.05) is 0 Å². The SMILES string of the molecule is CN(C)[Si]1(C)O[Si](C)(N(C)C)O[Si](C)(N(C)C)O[Si](C)(N(C)C)O1. The molecule has 24 heavy (non-hydrogen) atoms. The van der Waals surface area contributed by atoms with E-state index in [1.807, 2.05) is 56.4 Å². The zero-order valence-corrected chi connectivity index (χ0v) is 21.4. The van der Waals surface area contributed by atoms with Crippen LogP contribution >= 0.6 is 0 Å². The molecule has 0 spiro atoms. The third-order valence-electron chi connectivity index (χ3n) is 4.76. The number of hydrogen-bond donors (Lipinski definition) is 0. The van der Waals surface area contributed by atoms with E-state index in [4.69, 9.17) is 16.5 Å². The van der Waals surface area contributed by atoms with E-state index < -0.39 is 34.9 Å². The van der Waals surface area contributed by atoms with Crippen molar-refractivity contribution in [2.75, 3.05) is 56.4 Å². The van der Waals surface area contributed by atoms with Crippen molar-refractivity contribution in [1.29, 1.82) is 0 Å². The molecule has 0 N–H and O–H groups in total. The number of rotatable bonds is 4. The Morgan fingerprint density at radius 3 is 0.583 bits per heavy atom. The summed E-state index contributed by atoms with van der Waals surface area (Å²) in [5.41, 5.74) is 0. The Balaban J connectivity index is 3.47. The van der Waals surface area contributed by atoms with Gasteiger partial charge in [0.25, 0.3) is 0 Å². The van der Waals surface area contributed by atoms with Gasteiger partial charge in [-0.1, -0.05) is 0 Å². The van der Waals surface area contributed by atoms with Gasteiger partial charge in [0.1, 0.15) is 0 Å². The van der Waals surface area contributed by atoms with Gasteiger partial charge in [-0.25, -0.2) is 0 Å². The minimum Gasteiger partial charge on any atom is -0.391 e. The molecule has 0 radical (unpaired) electrons. The second-order valence-electron chi connectivity index (χ2n) is 7.58. The van der Waals surface area contributed by atoms with Crippen molar-refractivity contribution < 1.29 is 16.5 Å². The van der Waals surface area contributed by atoms with Crippen LogP contribution in [0, 0.1) is 0 Å². The van der Waals surface area contributed by atoms with Crippen LogP contribution < -0.4 is 0 Å². The summed E-state index contributed by atoms with van der Waals surface area (Å²) in [5, 5.41) is 0. The first kappa shape index (κ1) is 22.6. The van der Waals surface area contributed by atoms with E-state index in [0.29, 0.717) is 0 Å². The van der Waals surface area contributed by atoms with Crippen LogP contribution in [0.5, 0.6) is 0 Å². The first-order valence-corrected chi connectivity index (χ1v) is 17.2. The molecule has 144 valence electrons. The molecule has 1 aliphatic heterocycles. The van der Waals surface area contributed by atoms with Gasteiger partial charge in [-0.2, -0.15) is 0 Å². The van der Waals surface area contributed by atoms with E-state index in [-0.39, 0.29) is 0 Å². The summed E-state index contributed by atoms with van der Waals surface area (Å²) < 4.78 is 35.1. The standard InChI is InChI=1S/C12H36N4O4Si4/c1-13(2)21(9)17-22(10,14(3)4)19-24(12,16(7)8)20-23(11,18-21)15(5)6/h1-12H3. The summed E-state index contributed by atoms with van der Waals surface area (Å²) >= 11 is 0. The van der Waals surface area contributed by atoms with Crippen molar-refractivity contribution in [3.05, 3.63) is 0 Å². The van der Waals surface area contributed by atoms with Crippen LogP contribution in [0.1, 0.15) is 0 Å². The quantitative estimate of drug-likeness (QED) is 0.622. The molecule has 0 aromatic carbocycles. The van der Waals surface area contributed by atoms with Crippen molar-refractivity contribution >= 4 is 34.9 Å². The summed E-state index contributed by atoms with van der Waals surface area (Å²) in [4.78, 5) is 0. The highest BCUT2D eigenvalue weighted by atomic mass is 28.5. The predicted octanol–water partition coefficient (Wildman–Crippen LogP) is 0.588. The molecule has 0 amide bonds. The molecule has 1 aliphatic rings. The number of nitrogens with zero attached hydrogens (tertiary/aromatic N) is 4. The lowest BCUT2D eigenvalue weighted by molar-refractivity contribution is 0.131. The van der Waals surface area contributed by atoms with Gasteiger partial charge in [-0.15, -0.1) is 0 Å². The fourth-order valence-corrected chi connectivity index (χ4v) is 21.5. The van der Waals surface area contributed by atoms with Crippen LogP contribution in [-0.2, 0) is 16.5 Å². The highest BCUT2D eigenvalue weighted by Gasteiger charge is 2.61. The Kier molecular flexibility index (Phi) is 6.85. The van der Waals surface area contributed by atoms with E-state index in [2.05, 4.69) is 44.4 Å². The zero-order chi connectivity index (χ0) is 19.1. The fourth-order valence-electron chi connectivity index (χ4n) is 2.22. The molecule has 0 aromatic heterocycles. The third-order valence-corrected chi connectivity index (χ3v) is 23.4. The summed E-state index contributed by atoms with van der Waals surface area (Å²) in [5.74, 6) is 0. The van der Waals surface area contributed by atoms with Crippen LogP contribution in [0.2, 0.25) is 26.2 Å². The first-order valence-electron chi connectivity index (χ1n) is 8.11. The van der Waals surface area contributed by atoms with E-state index in [1.54, 1.807) is 0 Å². The monoisotopic (exact) mass is 412 g/mol. The van der Waals surface area contributed by atoms with Crippen LogP contribution in [-0.4, -0.2) is 110 Å². The average molecular weight is 413 g/mol. The predicted molar refractivity (Wildman–Crippen MR) is 106 cm³/mol.